The summed E-state index contributed by atoms with van der Waals surface area (Å²) in [6.07, 6.45) is 0. The Balaban J connectivity index is 2.31. The van der Waals surface area contributed by atoms with Gasteiger partial charge in [0, 0.05) is 11.0 Å². The molecule has 0 saturated heterocycles. The molecule has 10 heteroatoms. The van der Waals surface area contributed by atoms with Gasteiger partial charge in [0.05, 0.1) is 41.9 Å². The Kier molecular flexibility index (Phi) is 6.70. The fourth-order valence-electron chi connectivity index (χ4n) is 2.06. The van der Waals surface area contributed by atoms with Crippen molar-refractivity contribution < 1.29 is 22.6 Å². The summed E-state index contributed by atoms with van der Waals surface area (Å²) in [6, 6.07) is 9.48. The maximum atomic E-state index is 13.8. The van der Waals surface area contributed by atoms with E-state index in [1.165, 1.54) is 30.3 Å². The van der Waals surface area contributed by atoms with Gasteiger partial charge in [-0.15, -0.1) is 0 Å². The topological polar surface area (TPSA) is 93.8 Å². The van der Waals surface area contributed by atoms with Crippen molar-refractivity contribution in [2.24, 2.45) is 0 Å². The van der Waals surface area contributed by atoms with Crippen molar-refractivity contribution in [3.8, 4) is 0 Å². The molecule has 2 rings (SSSR count). The number of nitro groups is 1. The molecule has 140 valence electrons. The van der Waals surface area contributed by atoms with Gasteiger partial charge in [0.25, 0.3) is 5.69 Å². The van der Waals surface area contributed by atoms with Crippen LogP contribution in [-0.4, -0.2) is 40.5 Å². The highest BCUT2D eigenvalue weighted by Gasteiger charge is 2.22. The monoisotopic (exact) mass is 400 g/mol. The number of halogens is 1. The van der Waals surface area contributed by atoms with Gasteiger partial charge in [-0.25, -0.2) is 17.5 Å². The Hall–Kier alpha value is -2.01. The van der Waals surface area contributed by atoms with E-state index in [1.54, 1.807) is 6.07 Å². The highest BCUT2D eigenvalue weighted by molar-refractivity contribution is 7.99. The summed E-state index contributed by atoms with van der Waals surface area (Å²) in [4.78, 5) is 11.9. The molecule has 0 unspecified atom stereocenters. The van der Waals surface area contributed by atoms with Crippen molar-refractivity contribution in [2.75, 3.05) is 27.2 Å². The first-order valence-electron chi connectivity index (χ1n) is 7.70. The van der Waals surface area contributed by atoms with Crippen LogP contribution >= 0.6 is 11.8 Å². The van der Waals surface area contributed by atoms with Crippen LogP contribution < -0.4 is 9.62 Å². The van der Waals surface area contributed by atoms with Crippen molar-refractivity contribution in [1.29, 1.82) is 0 Å². The third kappa shape index (κ3) is 5.24. The van der Waals surface area contributed by atoms with Crippen molar-refractivity contribution in [1.82, 2.24) is 4.72 Å². The SMILES string of the molecule is C[NH+](C)CCNS(=O)(=O)c1ccc(Sc2ccccc2F)c([N+](=O)[O-])c1. The lowest BCUT2D eigenvalue weighted by Crippen LogP contribution is -3.06. The number of hydrogen-bond donors (Lipinski definition) is 2. The van der Waals surface area contributed by atoms with Crippen molar-refractivity contribution in [3.63, 3.8) is 0 Å². The standard InChI is InChI=1S/C16H18FN3O4S2/c1-19(2)10-9-18-26(23,24)12-7-8-16(14(11-12)20(21)22)25-15-6-4-3-5-13(15)17/h3-8,11,18H,9-10H2,1-2H3/p+1. The predicted molar refractivity (Wildman–Crippen MR) is 96.5 cm³/mol. The number of hydrogen-bond acceptors (Lipinski definition) is 5. The molecule has 0 radical (unpaired) electrons. The molecule has 0 bridgehead atoms. The highest BCUT2D eigenvalue weighted by Crippen LogP contribution is 2.37. The van der Waals surface area contributed by atoms with Crippen LogP contribution in [0.1, 0.15) is 0 Å². The van der Waals surface area contributed by atoms with Crippen LogP contribution in [0.4, 0.5) is 10.1 Å². The molecule has 0 amide bonds. The van der Waals surface area contributed by atoms with E-state index in [-0.39, 0.29) is 26.9 Å². The van der Waals surface area contributed by atoms with E-state index >= 15 is 0 Å². The minimum atomic E-state index is -3.86. The molecule has 2 N–H and O–H groups in total. The Morgan fingerprint density at radius 3 is 2.50 bits per heavy atom. The molecule has 0 fully saturated rings. The third-order valence-corrected chi connectivity index (χ3v) is 5.99. The van der Waals surface area contributed by atoms with Gasteiger partial charge in [-0.3, -0.25) is 10.1 Å². The molecule has 0 aliphatic heterocycles. The van der Waals surface area contributed by atoms with Gasteiger partial charge >= 0.3 is 0 Å². The average molecular weight is 400 g/mol. The molecule has 2 aromatic carbocycles. The summed E-state index contributed by atoms with van der Waals surface area (Å²) in [5.74, 6) is -0.503. The van der Waals surface area contributed by atoms with Crippen molar-refractivity contribution in [3.05, 3.63) is 58.4 Å². The van der Waals surface area contributed by atoms with Crippen LogP contribution in [0.25, 0.3) is 0 Å². The average Bonchev–Trinajstić information content (AvgIpc) is 2.56. The lowest BCUT2D eigenvalue weighted by atomic mass is 10.3. The minimum Gasteiger partial charge on any atom is -0.339 e. The molecule has 0 saturated carbocycles. The first-order valence-corrected chi connectivity index (χ1v) is 10.00. The van der Waals surface area contributed by atoms with Gasteiger partial charge in [0.15, 0.2) is 0 Å². The summed E-state index contributed by atoms with van der Waals surface area (Å²) in [5, 5.41) is 11.4. The minimum absolute atomic E-state index is 0.164. The number of sulfonamides is 1. The molecule has 0 aromatic heterocycles. The molecule has 26 heavy (non-hydrogen) atoms. The first kappa shape index (κ1) is 20.3. The van der Waals surface area contributed by atoms with E-state index in [2.05, 4.69) is 4.72 Å². The number of benzene rings is 2. The molecular weight excluding hydrogens is 381 g/mol. The Morgan fingerprint density at radius 1 is 1.19 bits per heavy atom. The normalized spacial score (nSPS) is 11.7. The van der Waals surface area contributed by atoms with Crippen LogP contribution in [-0.2, 0) is 10.0 Å². The van der Waals surface area contributed by atoms with E-state index in [9.17, 15) is 22.9 Å². The maximum Gasteiger partial charge on any atom is 0.284 e. The van der Waals surface area contributed by atoms with Gasteiger partial charge in [-0.05, 0) is 24.3 Å². The lowest BCUT2D eigenvalue weighted by molar-refractivity contribution is -0.856. The van der Waals surface area contributed by atoms with E-state index in [4.69, 9.17) is 0 Å². The third-order valence-electron chi connectivity index (χ3n) is 3.41. The number of nitrogens with zero attached hydrogens (tertiary/aromatic N) is 1. The summed E-state index contributed by atoms with van der Waals surface area (Å²) >= 11 is 0.875. The Bertz CT molecular complexity index is 904. The molecule has 2 aromatic rings. The van der Waals surface area contributed by atoms with Gasteiger partial charge < -0.3 is 4.90 Å². The number of nitrogens with one attached hydrogen (secondary N) is 2. The quantitative estimate of drug-likeness (QED) is 0.515. The zero-order valence-corrected chi connectivity index (χ0v) is 15.9. The van der Waals surface area contributed by atoms with Crippen molar-refractivity contribution >= 4 is 27.5 Å². The summed E-state index contributed by atoms with van der Waals surface area (Å²) < 4.78 is 40.8. The van der Waals surface area contributed by atoms with Gasteiger partial charge in [-0.2, -0.15) is 0 Å². The number of likely N-dealkylation sites (N-methyl/N-ethyl adjacent to an activating group) is 1. The summed E-state index contributed by atoms with van der Waals surface area (Å²) in [5.41, 5.74) is -0.389. The largest absolute Gasteiger partial charge is 0.339 e. The maximum absolute atomic E-state index is 13.8. The molecule has 0 spiro atoms. The van der Waals surface area contributed by atoms with Crippen LogP contribution in [0, 0.1) is 15.9 Å². The zero-order valence-electron chi connectivity index (χ0n) is 14.2. The molecular formula is C16H19FN3O4S2+. The molecule has 0 heterocycles. The fraction of sp³-hybridized carbons (Fsp3) is 0.250. The molecule has 7 nitrogen and oxygen atoms in total. The first-order chi connectivity index (χ1) is 12.2. The van der Waals surface area contributed by atoms with Gasteiger partial charge in [0.2, 0.25) is 10.0 Å². The predicted octanol–water partition coefficient (Wildman–Crippen LogP) is 1.31. The molecule has 0 atom stereocenters. The van der Waals surface area contributed by atoms with Crippen molar-refractivity contribution in [2.45, 2.75) is 14.7 Å². The zero-order chi connectivity index (χ0) is 19.3. The summed E-state index contributed by atoms with van der Waals surface area (Å²) in [6.45, 7) is 0.784. The fourth-order valence-corrected chi connectivity index (χ4v) is 4.03. The smallest absolute Gasteiger partial charge is 0.284 e. The molecule has 0 aliphatic rings. The highest BCUT2D eigenvalue weighted by atomic mass is 32.2. The van der Waals surface area contributed by atoms with Gasteiger partial charge in [0.1, 0.15) is 5.82 Å². The lowest BCUT2D eigenvalue weighted by Gasteiger charge is -2.10. The number of nitro benzene ring substituents is 1. The molecule has 0 aliphatic carbocycles. The van der Waals surface area contributed by atoms with Crippen LogP contribution in [0.2, 0.25) is 0 Å². The van der Waals surface area contributed by atoms with Crippen LogP contribution in [0.3, 0.4) is 0 Å². The van der Waals surface area contributed by atoms with E-state index in [1.807, 2.05) is 14.1 Å². The number of rotatable bonds is 8. The van der Waals surface area contributed by atoms with Crippen LogP contribution in [0.5, 0.6) is 0 Å². The van der Waals surface area contributed by atoms with E-state index < -0.39 is 20.8 Å². The second kappa shape index (κ2) is 8.58. The summed E-state index contributed by atoms with van der Waals surface area (Å²) in [7, 11) is -0.0952. The van der Waals surface area contributed by atoms with Crippen LogP contribution in [0.15, 0.2) is 57.2 Å². The van der Waals surface area contributed by atoms with Gasteiger partial charge in [-0.1, -0.05) is 23.9 Å². The number of quaternary nitrogens is 1. The Morgan fingerprint density at radius 2 is 1.88 bits per heavy atom. The Labute approximate surface area is 155 Å². The second-order valence-corrected chi connectivity index (χ2v) is 8.62. The van der Waals surface area contributed by atoms with E-state index in [0.717, 1.165) is 22.7 Å². The van der Waals surface area contributed by atoms with E-state index in [0.29, 0.717) is 6.54 Å². The second-order valence-electron chi connectivity index (χ2n) is 5.77.